The summed E-state index contributed by atoms with van der Waals surface area (Å²) in [5.74, 6) is -0.358. The number of allylic oxidation sites excluding steroid dienone is 2. The van der Waals surface area contributed by atoms with Crippen LogP contribution in [0.2, 0.25) is 0 Å². The van der Waals surface area contributed by atoms with Crippen molar-refractivity contribution in [2.24, 2.45) is 5.41 Å². The summed E-state index contributed by atoms with van der Waals surface area (Å²) in [6.45, 7) is 6.07. The molecule has 110 valence electrons. The van der Waals surface area contributed by atoms with Gasteiger partial charge in [-0.15, -0.1) is 0 Å². The highest BCUT2D eigenvalue weighted by Crippen LogP contribution is 2.43. The van der Waals surface area contributed by atoms with Gasteiger partial charge in [0.15, 0.2) is 0 Å². The summed E-state index contributed by atoms with van der Waals surface area (Å²) in [5, 5.41) is 0. The van der Waals surface area contributed by atoms with E-state index in [-0.39, 0.29) is 24.4 Å². The zero-order valence-electron chi connectivity index (χ0n) is 12.0. The third-order valence-corrected chi connectivity index (χ3v) is 3.81. The average molecular weight is 278 g/mol. The molecule has 1 aliphatic carbocycles. The maximum absolute atomic E-state index is 12.0. The van der Waals surface area contributed by atoms with Crippen molar-refractivity contribution >= 4 is 18.5 Å². The number of rotatable bonds is 8. The first kappa shape index (κ1) is 16.3. The Hall–Kier alpha value is -1.71. The highest BCUT2D eigenvalue weighted by Gasteiger charge is 2.33. The number of carbonyl (C=O) groups is 3. The smallest absolute Gasteiger partial charge is 0.333 e. The van der Waals surface area contributed by atoms with Crippen molar-refractivity contribution in [3.8, 4) is 0 Å². The summed E-state index contributed by atoms with van der Waals surface area (Å²) in [7, 11) is 0. The fourth-order valence-corrected chi connectivity index (χ4v) is 2.59. The number of hydrogen-bond acceptors (Lipinski definition) is 4. The normalized spacial score (nSPS) is 21.8. The quantitative estimate of drug-likeness (QED) is 0.296. The minimum Gasteiger partial charge on any atom is -0.462 e. The zero-order chi connectivity index (χ0) is 15.0. The van der Waals surface area contributed by atoms with Crippen LogP contribution in [0.15, 0.2) is 23.8 Å². The second-order valence-electron chi connectivity index (χ2n) is 5.26. The van der Waals surface area contributed by atoms with Crippen LogP contribution in [0.25, 0.3) is 0 Å². The number of aldehydes is 2. The summed E-state index contributed by atoms with van der Waals surface area (Å²) in [4.78, 5) is 32.8. The van der Waals surface area contributed by atoms with Gasteiger partial charge in [0, 0.05) is 23.8 Å². The van der Waals surface area contributed by atoms with Crippen LogP contribution in [0.3, 0.4) is 0 Å². The maximum Gasteiger partial charge on any atom is 0.333 e. The van der Waals surface area contributed by atoms with Crippen molar-refractivity contribution in [2.75, 3.05) is 6.61 Å². The Morgan fingerprint density at radius 1 is 1.40 bits per heavy atom. The molecule has 0 heterocycles. The topological polar surface area (TPSA) is 60.4 Å². The van der Waals surface area contributed by atoms with Gasteiger partial charge in [-0.25, -0.2) is 4.79 Å². The van der Waals surface area contributed by atoms with E-state index >= 15 is 0 Å². The van der Waals surface area contributed by atoms with Crippen molar-refractivity contribution in [1.29, 1.82) is 0 Å². The molecule has 1 rings (SSSR count). The van der Waals surface area contributed by atoms with Gasteiger partial charge in [-0.1, -0.05) is 18.2 Å². The first-order chi connectivity index (χ1) is 9.55. The van der Waals surface area contributed by atoms with E-state index < -0.39 is 0 Å². The number of esters is 1. The molecule has 0 bridgehead atoms. The number of ether oxygens (including phenoxy) is 1. The summed E-state index contributed by atoms with van der Waals surface area (Å²) < 4.78 is 5.06. The molecule has 0 spiro atoms. The van der Waals surface area contributed by atoms with E-state index in [2.05, 4.69) is 6.58 Å². The van der Waals surface area contributed by atoms with Gasteiger partial charge in [0.25, 0.3) is 0 Å². The Kier molecular flexibility index (Phi) is 6.36. The van der Waals surface area contributed by atoms with E-state index in [1.807, 2.05) is 13.0 Å². The van der Waals surface area contributed by atoms with Gasteiger partial charge in [-0.05, 0) is 32.6 Å². The Morgan fingerprint density at radius 3 is 2.70 bits per heavy atom. The summed E-state index contributed by atoms with van der Waals surface area (Å²) in [6, 6.07) is 0. The molecular weight excluding hydrogens is 256 g/mol. The van der Waals surface area contributed by atoms with E-state index in [0.29, 0.717) is 24.8 Å². The van der Waals surface area contributed by atoms with E-state index in [4.69, 9.17) is 4.74 Å². The molecule has 0 aromatic heterocycles. The second kappa shape index (κ2) is 7.78. The molecule has 4 nitrogen and oxygen atoms in total. The highest BCUT2D eigenvalue weighted by atomic mass is 16.5. The molecule has 0 fully saturated rings. The first-order valence-electron chi connectivity index (χ1n) is 6.98. The Morgan fingerprint density at radius 2 is 2.10 bits per heavy atom. The zero-order valence-corrected chi connectivity index (χ0v) is 12.0. The van der Waals surface area contributed by atoms with Gasteiger partial charge in [0.2, 0.25) is 0 Å². The third kappa shape index (κ3) is 4.15. The van der Waals surface area contributed by atoms with Crippen molar-refractivity contribution in [1.82, 2.24) is 0 Å². The van der Waals surface area contributed by atoms with Crippen LogP contribution in [0.1, 0.15) is 45.4 Å². The van der Waals surface area contributed by atoms with Gasteiger partial charge >= 0.3 is 5.97 Å². The van der Waals surface area contributed by atoms with Crippen LogP contribution in [0.4, 0.5) is 0 Å². The first-order valence-corrected chi connectivity index (χ1v) is 6.98. The lowest BCUT2D eigenvalue weighted by atomic mass is 9.69. The molecule has 0 amide bonds. The van der Waals surface area contributed by atoms with E-state index in [1.165, 1.54) is 0 Å². The number of carbonyl (C=O) groups excluding carboxylic acids is 3. The van der Waals surface area contributed by atoms with Crippen LogP contribution in [0, 0.1) is 5.41 Å². The lowest BCUT2D eigenvalue weighted by Gasteiger charge is -2.35. The fraction of sp³-hybridized carbons (Fsp3) is 0.562. The van der Waals surface area contributed by atoms with Gasteiger partial charge in [0.05, 0.1) is 6.61 Å². The highest BCUT2D eigenvalue weighted by molar-refractivity contribution is 5.89. The van der Waals surface area contributed by atoms with Crippen LogP contribution < -0.4 is 0 Å². The van der Waals surface area contributed by atoms with Crippen molar-refractivity contribution in [2.45, 2.75) is 45.4 Å². The van der Waals surface area contributed by atoms with Gasteiger partial charge < -0.3 is 14.3 Å². The van der Waals surface area contributed by atoms with Gasteiger partial charge in [-0.3, -0.25) is 0 Å². The molecule has 4 heteroatoms. The lowest BCUT2D eigenvalue weighted by molar-refractivity contribution is -0.139. The summed E-state index contributed by atoms with van der Waals surface area (Å²) in [5.41, 5.74) is 1.33. The number of hydrogen-bond donors (Lipinski definition) is 0. The Balaban J connectivity index is 2.84. The summed E-state index contributed by atoms with van der Waals surface area (Å²) >= 11 is 0. The molecule has 20 heavy (non-hydrogen) atoms. The van der Waals surface area contributed by atoms with Gasteiger partial charge in [0.1, 0.15) is 12.6 Å². The predicted octanol–water partition coefficient (Wildman–Crippen LogP) is 2.77. The van der Waals surface area contributed by atoms with Crippen LogP contribution in [-0.2, 0) is 19.1 Å². The molecule has 0 saturated carbocycles. The standard InChI is InChI=1S/C16H22O4/c1-13(2)16(8-4-9-17)7-3-6-14(12-16)15(19)20-11-5-10-18/h9-10,12H,1,3-8,11H2,2H3. The van der Waals surface area contributed by atoms with E-state index in [9.17, 15) is 14.4 Å². The SMILES string of the molecule is C=C(C)C1(CCC=O)C=C(C(=O)OCCC=O)CCC1. The van der Waals surface area contributed by atoms with E-state index in [0.717, 1.165) is 31.0 Å². The molecule has 0 aromatic rings. The summed E-state index contributed by atoms with van der Waals surface area (Å²) in [6.07, 6.45) is 7.35. The monoisotopic (exact) mass is 278 g/mol. The molecule has 0 radical (unpaired) electrons. The molecule has 0 saturated heterocycles. The van der Waals surface area contributed by atoms with Crippen molar-refractivity contribution < 1.29 is 19.1 Å². The Bertz CT molecular complexity index is 422. The van der Waals surface area contributed by atoms with Crippen molar-refractivity contribution in [3.63, 3.8) is 0 Å². The maximum atomic E-state index is 12.0. The minimum atomic E-state index is -0.358. The molecule has 0 N–H and O–H groups in total. The minimum absolute atomic E-state index is 0.119. The molecule has 1 unspecified atom stereocenters. The van der Waals surface area contributed by atoms with Crippen LogP contribution in [0.5, 0.6) is 0 Å². The van der Waals surface area contributed by atoms with Gasteiger partial charge in [-0.2, -0.15) is 0 Å². The largest absolute Gasteiger partial charge is 0.462 e. The molecule has 1 aliphatic rings. The van der Waals surface area contributed by atoms with E-state index in [1.54, 1.807) is 0 Å². The van der Waals surface area contributed by atoms with Crippen LogP contribution >= 0.6 is 0 Å². The molecule has 0 aliphatic heterocycles. The average Bonchev–Trinajstić information content (AvgIpc) is 2.45. The second-order valence-corrected chi connectivity index (χ2v) is 5.26. The lowest BCUT2D eigenvalue weighted by Crippen LogP contribution is -2.26. The van der Waals surface area contributed by atoms with Crippen molar-refractivity contribution in [3.05, 3.63) is 23.8 Å². The predicted molar refractivity (Wildman–Crippen MR) is 76.1 cm³/mol. The van der Waals surface area contributed by atoms with Crippen LogP contribution in [-0.4, -0.2) is 25.1 Å². The Labute approximate surface area is 119 Å². The molecule has 1 atom stereocenters. The molecule has 0 aromatic carbocycles. The molecular formula is C16H22O4. The fourth-order valence-electron chi connectivity index (χ4n) is 2.59. The third-order valence-electron chi connectivity index (χ3n) is 3.81.